The average Bonchev–Trinajstić information content (AvgIpc) is 3.11. The fraction of sp³-hybridized carbons (Fsp3) is 0.150. The van der Waals surface area contributed by atoms with E-state index in [2.05, 4.69) is 49.9 Å². The molecule has 1 atom stereocenters. The smallest absolute Gasteiger partial charge is 0.162 e. The Balaban J connectivity index is 1.59. The third kappa shape index (κ3) is 3.67. The molecule has 27 heavy (non-hydrogen) atoms. The zero-order chi connectivity index (χ0) is 18.6. The van der Waals surface area contributed by atoms with Gasteiger partial charge in [-0.05, 0) is 30.2 Å². The molecule has 2 aromatic heterocycles. The highest BCUT2D eigenvalue weighted by Gasteiger charge is 2.15. The Kier molecular flexibility index (Phi) is 4.57. The van der Waals surface area contributed by atoms with Gasteiger partial charge in [-0.1, -0.05) is 42.5 Å². The number of aromatic nitrogens is 4. The minimum Gasteiger partial charge on any atom is -0.399 e. The molecule has 0 bridgehead atoms. The maximum absolute atomic E-state index is 5.85. The van der Waals surface area contributed by atoms with Crippen LogP contribution in [0.15, 0.2) is 60.9 Å². The molecule has 0 spiro atoms. The second-order valence-corrected chi connectivity index (χ2v) is 6.39. The third-order valence-corrected chi connectivity index (χ3v) is 4.42. The molecule has 2 heterocycles. The van der Waals surface area contributed by atoms with E-state index in [-0.39, 0.29) is 6.04 Å². The molecule has 0 amide bonds. The van der Waals surface area contributed by atoms with E-state index >= 15 is 0 Å². The molecule has 0 aliphatic carbocycles. The Labute approximate surface area is 157 Å². The second-order valence-electron chi connectivity index (χ2n) is 6.39. The lowest BCUT2D eigenvalue weighted by Gasteiger charge is -2.15. The summed E-state index contributed by atoms with van der Waals surface area (Å²) in [4.78, 5) is 8.71. The molecule has 0 saturated carbocycles. The predicted molar refractivity (Wildman–Crippen MR) is 108 cm³/mol. The van der Waals surface area contributed by atoms with Crippen molar-refractivity contribution in [2.75, 3.05) is 16.4 Å². The van der Waals surface area contributed by atoms with Crippen LogP contribution in [-0.4, -0.2) is 20.2 Å². The van der Waals surface area contributed by atoms with E-state index in [1.807, 2.05) is 42.5 Å². The van der Waals surface area contributed by atoms with Gasteiger partial charge in [0.2, 0.25) is 0 Å². The van der Waals surface area contributed by atoms with Gasteiger partial charge < -0.3 is 16.4 Å². The van der Waals surface area contributed by atoms with Gasteiger partial charge in [-0.3, -0.25) is 5.10 Å². The maximum atomic E-state index is 5.85. The zero-order valence-electron chi connectivity index (χ0n) is 15.0. The molecule has 0 saturated heterocycles. The first-order valence-corrected chi connectivity index (χ1v) is 8.79. The minimum atomic E-state index is 0.0981. The molecule has 136 valence electrons. The van der Waals surface area contributed by atoms with Crippen molar-refractivity contribution in [1.82, 2.24) is 20.2 Å². The van der Waals surface area contributed by atoms with Crippen LogP contribution in [0.25, 0.3) is 11.0 Å². The van der Waals surface area contributed by atoms with Gasteiger partial charge >= 0.3 is 0 Å². The van der Waals surface area contributed by atoms with Gasteiger partial charge in [0.25, 0.3) is 0 Å². The van der Waals surface area contributed by atoms with Crippen molar-refractivity contribution in [2.45, 2.75) is 19.5 Å². The number of rotatable bonds is 6. The quantitative estimate of drug-likeness (QED) is 0.391. The standard InChI is InChI=1S/C20H21N7/c1-13(15-7-3-2-4-8-15)25-18-17-19(26-27-20(17)24-12-23-18)22-11-14-6-5-9-16(21)10-14/h2-10,12-13H,11,21H2,1H3,(H3,22,23,24,25,26,27)/t13-/m0/s1. The molecule has 0 fully saturated rings. The van der Waals surface area contributed by atoms with Crippen molar-refractivity contribution in [1.29, 1.82) is 0 Å². The summed E-state index contributed by atoms with van der Waals surface area (Å²) >= 11 is 0. The molecule has 7 heteroatoms. The number of hydrogen-bond donors (Lipinski definition) is 4. The summed E-state index contributed by atoms with van der Waals surface area (Å²) < 4.78 is 0. The molecule has 7 nitrogen and oxygen atoms in total. The first kappa shape index (κ1) is 16.8. The summed E-state index contributed by atoms with van der Waals surface area (Å²) in [6, 6.07) is 18.1. The zero-order valence-corrected chi connectivity index (χ0v) is 15.0. The van der Waals surface area contributed by atoms with Crippen molar-refractivity contribution >= 4 is 28.4 Å². The lowest BCUT2D eigenvalue weighted by molar-refractivity contribution is 0.876. The Morgan fingerprint density at radius 1 is 1.04 bits per heavy atom. The Hall–Kier alpha value is -3.61. The monoisotopic (exact) mass is 359 g/mol. The number of nitrogens with two attached hydrogens (primary N) is 1. The summed E-state index contributed by atoms with van der Waals surface area (Å²) in [5, 5.41) is 15.0. The highest BCUT2D eigenvalue weighted by atomic mass is 15.2. The van der Waals surface area contributed by atoms with E-state index in [9.17, 15) is 0 Å². The normalized spacial score (nSPS) is 12.0. The third-order valence-electron chi connectivity index (χ3n) is 4.42. The van der Waals surface area contributed by atoms with Gasteiger partial charge in [0.1, 0.15) is 17.5 Å². The Bertz CT molecular complexity index is 1040. The lowest BCUT2D eigenvalue weighted by atomic mass is 10.1. The number of nitrogen functional groups attached to an aromatic ring is 1. The molecule has 0 aliphatic heterocycles. The van der Waals surface area contributed by atoms with Gasteiger partial charge in [0.15, 0.2) is 11.5 Å². The van der Waals surface area contributed by atoms with E-state index in [1.54, 1.807) is 0 Å². The molecule has 0 unspecified atom stereocenters. The highest BCUT2D eigenvalue weighted by Crippen LogP contribution is 2.28. The van der Waals surface area contributed by atoms with Gasteiger partial charge in [0.05, 0.1) is 0 Å². The fourth-order valence-electron chi connectivity index (χ4n) is 3.02. The van der Waals surface area contributed by atoms with Gasteiger partial charge in [-0.25, -0.2) is 9.97 Å². The molecule has 0 aliphatic rings. The number of fused-ring (bicyclic) bond motifs is 1. The van der Waals surface area contributed by atoms with Gasteiger partial charge in [-0.2, -0.15) is 5.10 Å². The van der Waals surface area contributed by atoms with Crippen LogP contribution in [0.5, 0.6) is 0 Å². The molecule has 2 aromatic carbocycles. The van der Waals surface area contributed by atoms with Crippen molar-refractivity contribution in [2.24, 2.45) is 0 Å². The first-order valence-electron chi connectivity index (χ1n) is 8.79. The Morgan fingerprint density at radius 3 is 2.70 bits per heavy atom. The van der Waals surface area contributed by atoms with Crippen LogP contribution in [0.3, 0.4) is 0 Å². The molecule has 4 aromatic rings. The largest absolute Gasteiger partial charge is 0.399 e. The maximum Gasteiger partial charge on any atom is 0.162 e. The lowest BCUT2D eigenvalue weighted by Crippen LogP contribution is -2.09. The van der Waals surface area contributed by atoms with Crippen LogP contribution in [0.2, 0.25) is 0 Å². The summed E-state index contributed by atoms with van der Waals surface area (Å²) in [6.45, 7) is 2.71. The number of anilines is 3. The van der Waals surface area contributed by atoms with Crippen LogP contribution < -0.4 is 16.4 Å². The molecule has 4 rings (SSSR count). The van der Waals surface area contributed by atoms with Crippen molar-refractivity contribution in [3.63, 3.8) is 0 Å². The van der Waals surface area contributed by atoms with Crippen LogP contribution in [-0.2, 0) is 6.54 Å². The van der Waals surface area contributed by atoms with E-state index in [1.165, 1.54) is 11.9 Å². The average molecular weight is 359 g/mol. The second kappa shape index (κ2) is 7.33. The topological polar surface area (TPSA) is 105 Å². The van der Waals surface area contributed by atoms with Crippen LogP contribution >= 0.6 is 0 Å². The van der Waals surface area contributed by atoms with Crippen LogP contribution in [0.1, 0.15) is 24.1 Å². The minimum absolute atomic E-state index is 0.0981. The van der Waals surface area contributed by atoms with E-state index in [4.69, 9.17) is 5.73 Å². The molecule has 5 N–H and O–H groups in total. The Morgan fingerprint density at radius 2 is 1.89 bits per heavy atom. The number of nitrogens with zero attached hydrogens (tertiary/aromatic N) is 3. The number of benzene rings is 2. The SMILES string of the molecule is C[C@H](Nc1ncnc2[nH]nc(NCc3cccc(N)c3)c12)c1ccccc1. The predicted octanol–water partition coefficient (Wildman–Crippen LogP) is 3.72. The van der Waals surface area contributed by atoms with Crippen molar-refractivity contribution < 1.29 is 0 Å². The van der Waals surface area contributed by atoms with E-state index in [0.717, 1.165) is 22.5 Å². The summed E-state index contributed by atoms with van der Waals surface area (Å²) in [5.74, 6) is 1.44. The number of nitrogens with one attached hydrogen (secondary N) is 3. The van der Waals surface area contributed by atoms with E-state index in [0.29, 0.717) is 18.0 Å². The highest BCUT2D eigenvalue weighted by molar-refractivity contribution is 5.96. The van der Waals surface area contributed by atoms with Crippen molar-refractivity contribution in [3.05, 3.63) is 72.1 Å². The number of aromatic amines is 1. The number of hydrogen-bond acceptors (Lipinski definition) is 6. The van der Waals surface area contributed by atoms with Gasteiger partial charge in [-0.15, -0.1) is 0 Å². The summed E-state index contributed by atoms with van der Waals surface area (Å²) in [6.07, 6.45) is 1.53. The van der Waals surface area contributed by atoms with E-state index < -0.39 is 0 Å². The fourth-order valence-corrected chi connectivity index (χ4v) is 3.02. The summed E-state index contributed by atoms with van der Waals surface area (Å²) in [5.41, 5.74) is 9.54. The van der Waals surface area contributed by atoms with Crippen molar-refractivity contribution in [3.8, 4) is 0 Å². The molecular weight excluding hydrogens is 338 g/mol. The summed E-state index contributed by atoms with van der Waals surface area (Å²) in [7, 11) is 0. The number of H-pyrrole nitrogens is 1. The molecular formula is C20H21N7. The first-order chi connectivity index (χ1) is 13.2. The van der Waals surface area contributed by atoms with Crippen LogP contribution in [0.4, 0.5) is 17.3 Å². The van der Waals surface area contributed by atoms with Gasteiger partial charge in [0, 0.05) is 18.3 Å². The van der Waals surface area contributed by atoms with Crippen LogP contribution in [0, 0.1) is 0 Å². The molecule has 0 radical (unpaired) electrons.